The number of anilines is 1. The fraction of sp³-hybridized carbons (Fsp3) is 0.111. The van der Waals surface area contributed by atoms with E-state index in [-0.39, 0.29) is 5.50 Å². The van der Waals surface area contributed by atoms with Gasteiger partial charge in [0.05, 0.1) is 5.69 Å². The van der Waals surface area contributed by atoms with E-state index in [4.69, 9.17) is 5.73 Å². The van der Waals surface area contributed by atoms with E-state index in [0.29, 0.717) is 0 Å². The summed E-state index contributed by atoms with van der Waals surface area (Å²) in [4.78, 5) is 1.26. The zero-order valence-electron chi connectivity index (χ0n) is 6.78. The monoisotopic (exact) mass is 208 g/mol. The molecule has 0 fully saturated rings. The highest BCUT2D eigenvalue weighted by molar-refractivity contribution is 8.00. The maximum Gasteiger partial charge on any atom is 0.127 e. The molecule has 2 heterocycles. The SMILES string of the molecule is NC1Nc2c(ccc3sccc23)S1. The van der Waals surface area contributed by atoms with E-state index in [1.807, 2.05) is 0 Å². The molecule has 1 aromatic heterocycles. The van der Waals surface area contributed by atoms with Crippen molar-refractivity contribution in [2.45, 2.75) is 10.4 Å². The number of benzene rings is 1. The van der Waals surface area contributed by atoms with Crippen LogP contribution >= 0.6 is 23.1 Å². The molecule has 3 rings (SSSR count). The Labute approximate surface area is 84.1 Å². The van der Waals surface area contributed by atoms with Crippen molar-refractivity contribution in [3.8, 4) is 0 Å². The molecule has 1 aliphatic rings. The summed E-state index contributed by atoms with van der Waals surface area (Å²) in [6, 6.07) is 6.44. The van der Waals surface area contributed by atoms with E-state index < -0.39 is 0 Å². The molecule has 0 saturated heterocycles. The lowest BCUT2D eigenvalue weighted by atomic mass is 10.2. The molecule has 2 nitrogen and oxygen atoms in total. The summed E-state index contributed by atoms with van der Waals surface area (Å²) in [5.41, 5.74) is 7.02. The van der Waals surface area contributed by atoms with Crippen molar-refractivity contribution in [2.24, 2.45) is 5.73 Å². The molecule has 0 aliphatic carbocycles. The van der Waals surface area contributed by atoms with Gasteiger partial charge in [0.2, 0.25) is 0 Å². The summed E-state index contributed by atoms with van der Waals surface area (Å²) in [7, 11) is 0. The highest BCUT2D eigenvalue weighted by Gasteiger charge is 2.19. The van der Waals surface area contributed by atoms with E-state index in [2.05, 4.69) is 28.9 Å². The van der Waals surface area contributed by atoms with Crippen LogP contribution in [-0.2, 0) is 0 Å². The van der Waals surface area contributed by atoms with Crippen LogP contribution in [0, 0.1) is 0 Å². The average molecular weight is 208 g/mol. The first kappa shape index (κ1) is 7.67. The molecule has 1 unspecified atom stereocenters. The summed E-state index contributed by atoms with van der Waals surface area (Å²) >= 11 is 3.45. The second-order valence-electron chi connectivity index (χ2n) is 2.95. The Bertz CT molecular complexity index is 464. The van der Waals surface area contributed by atoms with Gasteiger partial charge in [-0.25, -0.2) is 0 Å². The van der Waals surface area contributed by atoms with Crippen LogP contribution in [0.4, 0.5) is 5.69 Å². The third kappa shape index (κ3) is 1.06. The summed E-state index contributed by atoms with van der Waals surface area (Å²) < 4.78 is 1.32. The third-order valence-electron chi connectivity index (χ3n) is 2.14. The maximum absolute atomic E-state index is 5.80. The standard InChI is InChI=1S/C9H8N2S2/c10-9-11-8-5-3-4-12-6(5)1-2-7(8)13-9/h1-4,9,11H,10H2. The lowest BCUT2D eigenvalue weighted by Crippen LogP contribution is -2.20. The van der Waals surface area contributed by atoms with Gasteiger partial charge in [0, 0.05) is 15.0 Å². The van der Waals surface area contributed by atoms with Crippen LogP contribution in [0.25, 0.3) is 10.1 Å². The fourth-order valence-electron chi connectivity index (χ4n) is 1.58. The van der Waals surface area contributed by atoms with Gasteiger partial charge in [-0.15, -0.1) is 11.3 Å². The zero-order chi connectivity index (χ0) is 8.84. The van der Waals surface area contributed by atoms with Gasteiger partial charge >= 0.3 is 0 Å². The zero-order valence-corrected chi connectivity index (χ0v) is 8.41. The summed E-state index contributed by atoms with van der Waals surface area (Å²) in [6.45, 7) is 0. The van der Waals surface area contributed by atoms with Crippen LogP contribution < -0.4 is 11.1 Å². The van der Waals surface area contributed by atoms with Crippen LogP contribution in [0.15, 0.2) is 28.5 Å². The molecule has 0 radical (unpaired) electrons. The Morgan fingerprint density at radius 2 is 2.23 bits per heavy atom. The average Bonchev–Trinajstić information content (AvgIpc) is 2.65. The van der Waals surface area contributed by atoms with Crippen molar-refractivity contribution in [1.29, 1.82) is 0 Å². The molecule has 0 spiro atoms. The normalized spacial score (nSPS) is 20.2. The molecule has 1 aromatic carbocycles. The van der Waals surface area contributed by atoms with Crippen molar-refractivity contribution in [2.75, 3.05) is 5.32 Å². The molecule has 1 atom stereocenters. The van der Waals surface area contributed by atoms with Crippen LogP contribution in [0.2, 0.25) is 0 Å². The fourth-order valence-corrected chi connectivity index (χ4v) is 3.26. The molecule has 66 valence electrons. The Kier molecular flexibility index (Phi) is 1.56. The first-order chi connectivity index (χ1) is 6.34. The number of hydrogen-bond donors (Lipinski definition) is 2. The second kappa shape index (κ2) is 2.64. The van der Waals surface area contributed by atoms with Crippen molar-refractivity contribution in [3.05, 3.63) is 23.6 Å². The van der Waals surface area contributed by atoms with E-state index in [1.54, 1.807) is 23.1 Å². The number of nitrogens with two attached hydrogens (primary N) is 1. The number of thioether (sulfide) groups is 1. The quantitative estimate of drug-likeness (QED) is 0.699. The molecule has 1 aliphatic heterocycles. The number of fused-ring (bicyclic) bond motifs is 3. The second-order valence-corrected chi connectivity index (χ2v) is 5.08. The van der Waals surface area contributed by atoms with Crippen LogP contribution in [0.3, 0.4) is 0 Å². The third-order valence-corrected chi connectivity index (χ3v) is 3.99. The lowest BCUT2D eigenvalue weighted by Gasteiger charge is -2.01. The van der Waals surface area contributed by atoms with Crippen molar-refractivity contribution >= 4 is 38.9 Å². The Hall–Kier alpha value is -0.710. The van der Waals surface area contributed by atoms with Gasteiger partial charge in [0.1, 0.15) is 5.50 Å². The molecule has 4 heteroatoms. The summed E-state index contributed by atoms with van der Waals surface area (Å²) in [5, 5.41) is 6.68. The molecular formula is C9H8N2S2. The minimum Gasteiger partial charge on any atom is -0.360 e. The first-order valence-corrected chi connectivity index (χ1v) is 5.79. The summed E-state index contributed by atoms with van der Waals surface area (Å²) in [5.74, 6) is 0. The molecule has 3 N–H and O–H groups in total. The molecule has 13 heavy (non-hydrogen) atoms. The molecular weight excluding hydrogens is 200 g/mol. The van der Waals surface area contributed by atoms with Crippen LogP contribution in [0.5, 0.6) is 0 Å². The minimum absolute atomic E-state index is 0.0144. The van der Waals surface area contributed by atoms with Crippen molar-refractivity contribution in [3.63, 3.8) is 0 Å². The van der Waals surface area contributed by atoms with Crippen molar-refractivity contribution in [1.82, 2.24) is 0 Å². The van der Waals surface area contributed by atoms with Gasteiger partial charge < -0.3 is 11.1 Å². The van der Waals surface area contributed by atoms with E-state index in [9.17, 15) is 0 Å². The number of rotatable bonds is 0. The first-order valence-electron chi connectivity index (χ1n) is 4.03. The van der Waals surface area contributed by atoms with Gasteiger partial charge in [-0.1, -0.05) is 11.8 Å². The van der Waals surface area contributed by atoms with Gasteiger partial charge in [0.15, 0.2) is 0 Å². The lowest BCUT2D eigenvalue weighted by molar-refractivity contribution is 1.08. The van der Waals surface area contributed by atoms with Gasteiger partial charge in [-0.2, -0.15) is 0 Å². The smallest absolute Gasteiger partial charge is 0.127 e. The number of nitrogens with one attached hydrogen (secondary N) is 1. The highest BCUT2D eigenvalue weighted by Crippen LogP contribution is 2.42. The van der Waals surface area contributed by atoms with Crippen LogP contribution in [-0.4, -0.2) is 5.50 Å². The summed E-state index contributed by atoms with van der Waals surface area (Å²) in [6.07, 6.45) is 0. The van der Waals surface area contributed by atoms with Gasteiger partial charge in [0.25, 0.3) is 0 Å². The Balaban J connectivity index is 2.34. The Morgan fingerprint density at radius 3 is 3.15 bits per heavy atom. The van der Waals surface area contributed by atoms with E-state index in [1.165, 1.54) is 20.7 Å². The number of thiophene rings is 1. The number of hydrogen-bond acceptors (Lipinski definition) is 4. The molecule has 0 amide bonds. The molecule has 0 saturated carbocycles. The van der Waals surface area contributed by atoms with Crippen molar-refractivity contribution < 1.29 is 0 Å². The maximum atomic E-state index is 5.80. The van der Waals surface area contributed by atoms with Gasteiger partial charge in [-0.3, -0.25) is 0 Å². The predicted octanol–water partition coefficient (Wildman–Crippen LogP) is 2.66. The molecule has 2 aromatic rings. The largest absolute Gasteiger partial charge is 0.360 e. The van der Waals surface area contributed by atoms with E-state index >= 15 is 0 Å². The van der Waals surface area contributed by atoms with Crippen LogP contribution in [0.1, 0.15) is 0 Å². The minimum atomic E-state index is 0.0144. The topological polar surface area (TPSA) is 38.0 Å². The highest BCUT2D eigenvalue weighted by atomic mass is 32.2. The van der Waals surface area contributed by atoms with E-state index in [0.717, 1.165) is 0 Å². The Morgan fingerprint density at radius 1 is 1.31 bits per heavy atom. The molecule has 0 bridgehead atoms. The predicted molar refractivity (Wildman–Crippen MR) is 59.3 cm³/mol. The van der Waals surface area contributed by atoms with Gasteiger partial charge in [-0.05, 0) is 23.6 Å².